The number of anilines is 2. The summed E-state index contributed by atoms with van der Waals surface area (Å²) in [5.74, 6) is 0.694. The van der Waals surface area contributed by atoms with Gasteiger partial charge in [0.15, 0.2) is 0 Å². The maximum atomic E-state index is 12.4. The first kappa shape index (κ1) is 19.7. The van der Waals surface area contributed by atoms with Gasteiger partial charge in [-0.3, -0.25) is 0 Å². The summed E-state index contributed by atoms with van der Waals surface area (Å²) >= 11 is 6.25. The van der Waals surface area contributed by atoms with Crippen LogP contribution in [0.5, 0.6) is 5.75 Å². The van der Waals surface area contributed by atoms with Crippen LogP contribution in [0.2, 0.25) is 5.02 Å². The zero-order valence-electron chi connectivity index (χ0n) is 15.1. The van der Waals surface area contributed by atoms with Gasteiger partial charge in [-0.25, -0.2) is 17.7 Å². The van der Waals surface area contributed by atoms with Crippen LogP contribution in [0.15, 0.2) is 18.3 Å². The molecule has 0 unspecified atom stereocenters. The highest BCUT2D eigenvalue weighted by Crippen LogP contribution is 2.34. The lowest BCUT2D eigenvalue weighted by Crippen LogP contribution is -2.46. The van der Waals surface area contributed by atoms with Crippen LogP contribution in [0.3, 0.4) is 0 Å². The maximum Gasteiger partial charge on any atom is 0.241 e. The summed E-state index contributed by atoms with van der Waals surface area (Å²) in [6, 6.07) is 5.92. The normalized spacial score (nSPS) is 15.5. The molecule has 1 aliphatic heterocycles. The van der Waals surface area contributed by atoms with E-state index in [1.165, 1.54) is 17.6 Å². The molecule has 2 heterocycles. The number of sulfonamides is 1. The van der Waals surface area contributed by atoms with Gasteiger partial charge in [-0.15, -0.1) is 0 Å². The molecule has 0 saturated carbocycles. The van der Waals surface area contributed by atoms with Gasteiger partial charge < -0.3 is 15.8 Å². The predicted molar refractivity (Wildman–Crippen MR) is 105 cm³/mol. The number of hydrogen-bond donors (Lipinski definition) is 2. The van der Waals surface area contributed by atoms with Crippen LogP contribution in [-0.2, 0) is 10.0 Å². The molecule has 0 amide bonds. The van der Waals surface area contributed by atoms with E-state index in [1.54, 1.807) is 12.1 Å². The first-order chi connectivity index (χ1) is 12.8. The number of hydrogen-bond acceptors (Lipinski definition) is 7. The number of piperidine rings is 1. The first-order valence-corrected chi connectivity index (χ1v) is 10.6. The number of methoxy groups -OCH3 is 1. The Balaban J connectivity index is 2.02. The number of nitrogen functional groups attached to an aromatic ring is 1. The van der Waals surface area contributed by atoms with Crippen molar-refractivity contribution < 1.29 is 13.2 Å². The fourth-order valence-electron chi connectivity index (χ4n) is 3.10. The molecule has 0 spiro atoms. The quantitative estimate of drug-likeness (QED) is 0.771. The molecule has 8 nitrogen and oxygen atoms in total. The van der Waals surface area contributed by atoms with Crippen LogP contribution in [0.1, 0.15) is 12.8 Å². The van der Waals surface area contributed by atoms with E-state index in [9.17, 15) is 8.42 Å². The van der Waals surface area contributed by atoms with Crippen LogP contribution < -0.4 is 20.1 Å². The second-order valence-electron chi connectivity index (χ2n) is 6.27. The van der Waals surface area contributed by atoms with E-state index in [1.807, 2.05) is 0 Å². The third kappa shape index (κ3) is 4.26. The van der Waals surface area contributed by atoms with E-state index in [0.29, 0.717) is 34.7 Å². The summed E-state index contributed by atoms with van der Waals surface area (Å²) in [5, 5.41) is 3.63. The molecular weight excluding hydrogens is 390 g/mol. The van der Waals surface area contributed by atoms with E-state index in [-0.39, 0.29) is 17.8 Å². The molecule has 2 aromatic rings. The average molecular weight is 411 g/mol. The number of nitrogens with zero attached hydrogens (tertiary/aromatic N) is 3. The van der Waals surface area contributed by atoms with E-state index in [2.05, 4.69) is 21.4 Å². The average Bonchev–Trinajstić information content (AvgIpc) is 2.62. The fraction of sp³-hybridized carbons (Fsp3) is 0.412. The lowest BCUT2D eigenvalue weighted by Gasteiger charge is -2.32. The number of benzene rings is 1. The van der Waals surface area contributed by atoms with Crippen molar-refractivity contribution in [2.24, 2.45) is 0 Å². The highest BCUT2D eigenvalue weighted by atomic mass is 35.5. The molecule has 0 aliphatic carbocycles. The minimum absolute atomic E-state index is 0.0660. The minimum Gasteiger partial charge on any atom is -0.496 e. The zero-order chi connectivity index (χ0) is 19.6. The Bertz CT molecular complexity index is 932. The molecule has 1 fully saturated rings. The smallest absolute Gasteiger partial charge is 0.241 e. The summed E-state index contributed by atoms with van der Waals surface area (Å²) in [4.78, 5) is 8.55. The number of halogens is 1. The summed E-state index contributed by atoms with van der Waals surface area (Å²) in [6.07, 6.45) is 3.99. The molecule has 10 heteroatoms. The van der Waals surface area contributed by atoms with Crippen LogP contribution in [0, 0.1) is 6.07 Å². The van der Waals surface area contributed by atoms with Crippen molar-refractivity contribution in [1.82, 2.24) is 15.3 Å². The molecule has 1 radical (unpaired) electrons. The Kier molecular flexibility index (Phi) is 5.73. The van der Waals surface area contributed by atoms with Gasteiger partial charge in [0.05, 0.1) is 19.4 Å². The number of nitrogens with two attached hydrogens (primary N) is 1. The van der Waals surface area contributed by atoms with Gasteiger partial charge >= 0.3 is 0 Å². The van der Waals surface area contributed by atoms with Gasteiger partial charge in [0.25, 0.3) is 0 Å². The SMILES string of the molecule is COc1[c]cc(Cl)c(-c2cnc(N(C3CCNCC3)S(C)(=O)=O)nc2N)c1. The summed E-state index contributed by atoms with van der Waals surface area (Å²) in [7, 11) is -2.03. The second kappa shape index (κ2) is 7.87. The molecule has 1 aromatic carbocycles. The van der Waals surface area contributed by atoms with Gasteiger partial charge in [0.1, 0.15) is 11.6 Å². The number of nitrogens with one attached hydrogen (secondary N) is 1. The van der Waals surface area contributed by atoms with Crippen molar-refractivity contribution >= 4 is 33.4 Å². The number of rotatable bonds is 5. The van der Waals surface area contributed by atoms with Gasteiger partial charge in [-0.2, -0.15) is 4.98 Å². The van der Waals surface area contributed by atoms with Crippen LogP contribution in [-0.4, -0.2) is 50.9 Å². The second-order valence-corrected chi connectivity index (χ2v) is 8.54. The molecule has 0 bridgehead atoms. The van der Waals surface area contributed by atoms with Gasteiger partial charge in [0, 0.05) is 28.4 Å². The van der Waals surface area contributed by atoms with Crippen molar-refractivity contribution in [3.63, 3.8) is 0 Å². The topological polar surface area (TPSA) is 110 Å². The number of aromatic nitrogens is 2. The lowest BCUT2D eigenvalue weighted by atomic mass is 10.1. The van der Waals surface area contributed by atoms with E-state index in [4.69, 9.17) is 22.1 Å². The zero-order valence-corrected chi connectivity index (χ0v) is 16.6. The van der Waals surface area contributed by atoms with E-state index < -0.39 is 10.0 Å². The van der Waals surface area contributed by atoms with Crippen molar-refractivity contribution in [3.05, 3.63) is 29.4 Å². The summed E-state index contributed by atoms with van der Waals surface area (Å²) in [6.45, 7) is 1.47. The highest BCUT2D eigenvalue weighted by molar-refractivity contribution is 7.92. The Morgan fingerprint density at radius 1 is 1.37 bits per heavy atom. The highest BCUT2D eigenvalue weighted by Gasteiger charge is 2.31. The molecule has 3 N–H and O–H groups in total. The largest absolute Gasteiger partial charge is 0.496 e. The molecule has 1 aliphatic rings. The Morgan fingerprint density at radius 2 is 2.07 bits per heavy atom. The molecular formula is C17H21ClN5O3S. The van der Waals surface area contributed by atoms with Crippen LogP contribution in [0.4, 0.5) is 11.8 Å². The minimum atomic E-state index is -3.56. The number of ether oxygens (including phenoxy) is 1. The fourth-order valence-corrected chi connectivity index (χ4v) is 4.45. The molecule has 1 aromatic heterocycles. The summed E-state index contributed by atoms with van der Waals surface area (Å²) < 4.78 is 31.2. The third-order valence-corrected chi connectivity index (χ3v) is 5.87. The molecule has 0 atom stereocenters. The monoisotopic (exact) mass is 410 g/mol. The lowest BCUT2D eigenvalue weighted by molar-refractivity contribution is 0.414. The van der Waals surface area contributed by atoms with Gasteiger partial charge in [-0.1, -0.05) is 11.6 Å². The van der Waals surface area contributed by atoms with Gasteiger partial charge in [0.2, 0.25) is 16.0 Å². The maximum absolute atomic E-state index is 12.4. The Labute approximate surface area is 163 Å². The van der Waals surface area contributed by atoms with Crippen molar-refractivity contribution in [3.8, 4) is 16.9 Å². The van der Waals surface area contributed by atoms with E-state index in [0.717, 1.165) is 19.3 Å². The van der Waals surface area contributed by atoms with Crippen LogP contribution in [0.25, 0.3) is 11.1 Å². The summed E-state index contributed by atoms with van der Waals surface area (Å²) in [5.41, 5.74) is 7.21. The molecule has 1 saturated heterocycles. The Morgan fingerprint density at radius 3 is 2.67 bits per heavy atom. The standard InChI is InChI=1S/C17H21ClN5O3S/c1-26-12-3-4-15(18)13(9-12)14-10-21-17(22-16(14)19)23(27(2,24)25)11-5-7-20-8-6-11/h4,9-11,20H,5-8H2,1-2H3,(H2,19,21,22). The van der Waals surface area contributed by atoms with Crippen molar-refractivity contribution in [2.75, 3.05) is 36.5 Å². The van der Waals surface area contributed by atoms with Crippen molar-refractivity contribution in [1.29, 1.82) is 0 Å². The Hall–Kier alpha value is -2.10. The first-order valence-electron chi connectivity index (χ1n) is 8.39. The van der Waals surface area contributed by atoms with E-state index >= 15 is 0 Å². The third-order valence-electron chi connectivity index (χ3n) is 4.38. The molecule has 145 valence electrons. The predicted octanol–water partition coefficient (Wildman–Crippen LogP) is 1.71. The van der Waals surface area contributed by atoms with Crippen LogP contribution >= 0.6 is 11.6 Å². The molecule has 27 heavy (non-hydrogen) atoms. The van der Waals surface area contributed by atoms with Gasteiger partial charge in [-0.05, 0) is 38.1 Å². The molecule has 3 rings (SSSR count). The van der Waals surface area contributed by atoms with Crippen molar-refractivity contribution in [2.45, 2.75) is 18.9 Å².